The molecule has 7 nitrogen and oxygen atoms in total. The van der Waals surface area contributed by atoms with E-state index in [1.807, 2.05) is 58.1 Å². The van der Waals surface area contributed by atoms with E-state index in [-0.39, 0.29) is 11.9 Å². The van der Waals surface area contributed by atoms with E-state index in [0.29, 0.717) is 32.0 Å². The van der Waals surface area contributed by atoms with Crippen LogP contribution in [-0.2, 0) is 17.9 Å². The Bertz CT molecular complexity index is 1100. The van der Waals surface area contributed by atoms with Gasteiger partial charge in [-0.25, -0.2) is 0 Å². The molecule has 1 unspecified atom stereocenters. The van der Waals surface area contributed by atoms with E-state index in [4.69, 9.17) is 4.74 Å². The van der Waals surface area contributed by atoms with Gasteiger partial charge in [0.25, 0.3) is 5.91 Å². The smallest absolute Gasteiger partial charge is 0.270 e. The van der Waals surface area contributed by atoms with E-state index in [1.165, 1.54) is 0 Å². The van der Waals surface area contributed by atoms with Crippen molar-refractivity contribution in [1.82, 2.24) is 24.6 Å². The number of para-hydroxylation sites is 1. The molecule has 1 atom stereocenters. The predicted molar refractivity (Wildman–Crippen MR) is 108 cm³/mol. The maximum absolute atomic E-state index is 13.2. The molecule has 5 rings (SSSR count). The third kappa shape index (κ3) is 3.52. The molecule has 1 aliphatic rings. The number of aromatic nitrogens is 4. The number of H-pyrrole nitrogens is 1. The fourth-order valence-electron chi connectivity index (χ4n) is 3.82. The molecular weight excluding hydrogens is 366 g/mol. The molecule has 146 valence electrons. The normalized spacial score (nSPS) is 16.1. The molecule has 0 radical (unpaired) electrons. The van der Waals surface area contributed by atoms with E-state index in [9.17, 15) is 4.79 Å². The van der Waals surface area contributed by atoms with Crippen LogP contribution in [0.4, 0.5) is 0 Å². The molecule has 0 saturated heterocycles. The lowest BCUT2D eigenvalue weighted by atomic mass is 10.2. The van der Waals surface area contributed by atoms with Crippen LogP contribution in [0.25, 0.3) is 10.9 Å². The Balaban J connectivity index is 1.32. The van der Waals surface area contributed by atoms with E-state index >= 15 is 0 Å². The minimum absolute atomic E-state index is 0.00842. The van der Waals surface area contributed by atoms with Gasteiger partial charge in [0.05, 0.1) is 31.5 Å². The first kappa shape index (κ1) is 17.6. The highest BCUT2D eigenvalue weighted by Crippen LogP contribution is 2.24. The molecule has 1 amide bonds. The zero-order valence-corrected chi connectivity index (χ0v) is 15.9. The van der Waals surface area contributed by atoms with Crippen LogP contribution in [0.1, 0.15) is 27.8 Å². The second-order valence-corrected chi connectivity index (χ2v) is 7.25. The molecule has 1 aromatic carbocycles. The average molecular weight is 387 g/mol. The molecule has 29 heavy (non-hydrogen) atoms. The zero-order chi connectivity index (χ0) is 19.6. The monoisotopic (exact) mass is 387 g/mol. The van der Waals surface area contributed by atoms with Crippen LogP contribution < -0.4 is 0 Å². The summed E-state index contributed by atoms with van der Waals surface area (Å²) < 4.78 is 7.89. The first-order chi connectivity index (χ1) is 14.3. The van der Waals surface area contributed by atoms with Crippen LogP contribution in [0.3, 0.4) is 0 Å². The van der Waals surface area contributed by atoms with Gasteiger partial charge < -0.3 is 14.6 Å². The number of rotatable bonds is 5. The van der Waals surface area contributed by atoms with Crippen molar-refractivity contribution in [3.05, 3.63) is 84.1 Å². The van der Waals surface area contributed by atoms with Crippen molar-refractivity contribution in [3.63, 3.8) is 0 Å². The Morgan fingerprint density at radius 3 is 2.97 bits per heavy atom. The number of amides is 1. The van der Waals surface area contributed by atoms with Crippen LogP contribution in [0.2, 0.25) is 0 Å². The molecule has 0 saturated carbocycles. The third-order valence-corrected chi connectivity index (χ3v) is 5.23. The molecule has 4 heterocycles. The van der Waals surface area contributed by atoms with Crippen molar-refractivity contribution in [2.24, 2.45) is 0 Å². The van der Waals surface area contributed by atoms with Gasteiger partial charge in [0.1, 0.15) is 5.69 Å². The molecule has 0 bridgehead atoms. The lowest BCUT2D eigenvalue weighted by molar-refractivity contribution is 0.0444. The number of aromatic amines is 1. The molecular formula is C22H21N5O2. The number of carbonyl (C=O) groups excluding carboxylic acids is 1. The summed E-state index contributed by atoms with van der Waals surface area (Å²) in [4.78, 5) is 22.4. The summed E-state index contributed by atoms with van der Waals surface area (Å²) in [5, 5.41) is 5.48. The fraction of sp³-hybridized carbons (Fsp3) is 0.227. The largest absolute Gasteiger partial charge is 0.374 e. The molecule has 1 aliphatic heterocycles. The molecule has 7 heteroatoms. The minimum atomic E-state index is -0.0289. The van der Waals surface area contributed by atoms with Crippen LogP contribution in [0.15, 0.2) is 67.1 Å². The Kier molecular flexibility index (Phi) is 4.57. The van der Waals surface area contributed by atoms with Gasteiger partial charge in [0, 0.05) is 36.0 Å². The quantitative estimate of drug-likeness (QED) is 0.571. The summed E-state index contributed by atoms with van der Waals surface area (Å²) in [6.07, 6.45) is 5.32. The zero-order valence-electron chi connectivity index (χ0n) is 15.9. The predicted octanol–water partition coefficient (Wildman–Crippen LogP) is 3.17. The van der Waals surface area contributed by atoms with Crippen LogP contribution in [0, 0.1) is 0 Å². The first-order valence-corrected chi connectivity index (χ1v) is 9.64. The lowest BCUT2D eigenvalue weighted by Crippen LogP contribution is -2.42. The number of pyridine rings is 1. The number of nitrogens with one attached hydrogen (secondary N) is 1. The van der Waals surface area contributed by atoms with Crippen molar-refractivity contribution in [2.75, 3.05) is 13.2 Å². The van der Waals surface area contributed by atoms with Gasteiger partial charge in [-0.3, -0.25) is 14.5 Å². The number of benzene rings is 1. The maximum atomic E-state index is 13.2. The third-order valence-electron chi connectivity index (χ3n) is 5.23. The maximum Gasteiger partial charge on any atom is 0.270 e. The van der Waals surface area contributed by atoms with Gasteiger partial charge in [0.2, 0.25) is 0 Å². The van der Waals surface area contributed by atoms with Gasteiger partial charge >= 0.3 is 0 Å². The summed E-state index contributed by atoms with van der Waals surface area (Å²) in [6, 6.07) is 15.6. The Hall–Kier alpha value is -3.45. The molecule has 0 fully saturated rings. The molecule has 0 spiro atoms. The average Bonchev–Trinajstić information content (AvgIpc) is 3.40. The van der Waals surface area contributed by atoms with Gasteiger partial charge in [-0.15, -0.1) is 0 Å². The number of ether oxygens (including phenoxy) is 1. The highest BCUT2D eigenvalue weighted by atomic mass is 16.5. The summed E-state index contributed by atoms with van der Waals surface area (Å²) in [6.45, 7) is 2.04. The molecule has 1 N–H and O–H groups in total. The summed E-state index contributed by atoms with van der Waals surface area (Å²) in [5.41, 5.74) is 3.61. The lowest BCUT2D eigenvalue weighted by Gasteiger charge is -2.33. The van der Waals surface area contributed by atoms with Crippen molar-refractivity contribution in [2.45, 2.75) is 19.2 Å². The number of carbonyl (C=O) groups is 1. The minimum Gasteiger partial charge on any atom is -0.374 e. The van der Waals surface area contributed by atoms with Crippen molar-refractivity contribution < 1.29 is 9.53 Å². The van der Waals surface area contributed by atoms with Crippen molar-refractivity contribution in [1.29, 1.82) is 0 Å². The Morgan fingerprint density at radius 2 is 2.10 bits per heavy atom. The van der Waals surface area contributed by atoms with E-state index in [2.05, 4.69) is 15.1 Å². The molecule has 4 aromatic rings. The number of hydrogen-bond acceptors (Lipinski definition) is 4. The van der Waals surface area contributed by atoms with Gasteiger partial charge in [-0.2, -0.15) is 5.10 Å². The van der Waals surface area contributed by atoms with Crippen molar-refractivity contribution in [3.8, 4) is 0 Å². The number of hydrogen-bond donors (Lipinski definition) is 1. The second-order valence-electron chi connectivity index (χ2n) is 7.25. The van der Waals surface area contributed by atoms with Gasteiger partial charge in [-0.1, -0.05) is 24.3 Å². The topological polar surface area (TPSA) is 76.0 Å². The highest BCUT2D eigenvalue weighted by Gasteiger charge is 2.29. The number of nitrogens with zero attached hydrogens (tertiary/aromatic N) is 4. The van der Waals surface area contributed by atoms with E-state index in [0.717, 1.165) is 22.2 Å². The molecule has 0 aliphatic carbocycles. The van der Waals surface area contributed by atoms with Gasteiger partial charge in [0.15, 0.2) is 0 Å². The number of fused-ring (bicyclic) bond motifs is 2. The van der Waals surface area contributed by atoms with Gasteiger partial charge in [-0.05, 0) is 29.8 Å². The first-order valence-electron chi connectivity index (χ1n) is 9.64. The highest BCUT2D eigenvalue weighted by molar-refractivity contribution is 5.98. The Labute approximate surface area is 167 Å². The van der Waals surface area contributed by atoms with Crippen LogP contribution in [-0.4, -0.2) is 43.7 Å². The summed E-state index contributed by atoms with van der Waals surface area (Å²) in [5.74, 6) is -0.00842. The SMILES string of the molecule is O=C(c1cc2ccccc2[nH]1)N1Cc2ccnn2C(COCc2cccnc2)C1. The van der Waals surface area contributed by atoms with Crippen LogP contribution in [0.5, 0.6) is 0 Å². The molecule has 3 aromatic heterocycles. The Morgan fingerprint density at radius 1 is 1.17 bits per heavy atom. The standard InChI is InChI=1S/C22H21N5O2/c28-22(21-10-17-5-1-2-6-20(17)25-21)26-12-18-7-9-24-27(18)19(13-26)15-29-14-16-4-3-8-23-11-16/h1-11,19,25H,12-15H2. The van der Waals surface area contributed by atoms with E-state index in [1.54, 1.807) is 18.6 Å². The second kappa shape index (κ2) is 7.52. The summed E-state index contributed by atoms with van der Waals surface area (Å²) >= 11 is 0. The fourth-order valence-corrected chi connectivity index (χ4v) is 3.82. The van der Waals surface area contributed by atoms with Crippen molar-refractivity contribution >= 4 is 16.8 Å². The summed E-state index contributed by atoms with van der Waals surface area (Å²) in [7, 11) is 0. The van der Waals surface area contributed by atoms with Crippen LogP contribution >= 0.6 is 0 Å². The van der Waals surface area contributed by atoms with E-state index < -0.39 is 0 Å².